The van der Waals surface area contributed by atoms with Gasteiger partial charge in [0.1, 0.15) is 23.3 Å². The Hall–Kier alpha value is -8.09. The van der Waals surface area contributed by atoms with Gasteiger partial charge in [-0.05, 0) is 127 Å². The van der Waals surface area contributed by atoms with E-state index >= 15 is 0 Å². The van der Waals surface area contributed by atoms with Crippen LogP contribution in [0.25, 0.3) is 20.5 Å². The summed E-state index contributed by atoms with van der Waals surface area (Å²) in [5, 5.41) is 29.8. The molecule has 67 heavy (non-hydrogen) atoms. The van der Waals surface area contributed by atoms with Crippen molar-refractivity contribution < 1.29 is 43.7 Å². The van der Waals surface area contributed by atoms with Gasteiger partial charge in [-0.1, -0.05) is 42.9 Å². The van der Waals surface area contributed by atoms with Crippen molar-refractivity contribution in [3.63, 3.8) is 0 Å². The van der Waals surface area contributed by atoms with Gasteiger partial charge in [-0.25, -0.2) is 5.43 Å². The Morgan fingerprint density at radius 1 is 0.866 bits per heavy atom. The number of ketones is 1. The highest BCUT2D eigenvalue weighted by atomic mass is 32.1. The van der Waals surface area contributed by atoms with Crippen LogP contribution in [0.1, 0.15) is 98.3 Å². The minimum Gasteiger partial charge on any atom is -0.508 e. The Labute approximate surface area is 389 Å². The number of fused-ring (bicyclic) bond motifs is 2. The van der Waals surface area contributed by atoms with E-state index in [0.29, 0.717) is 56.9 Å². The average molecular weight is 916 g/mol. The van der Waals surface area contributed by atoms with Crippen molar-refractivity contribution in [3.8, 4) is 39.5 Å². The Morgan fingerprint density at radius 3 is 2.39 bits per heavy atom. The fourth-order valence-corrected chi connectivity index (χ4v) is 9.17. The third-order valence-electron chi connectivity index (χ3n) is 11.4. The molecule has 1 fully saturated rings. The number of piperidine rings is 1. The van der Waals surface area contributed by atoms with E-state index in [1.165, 1.54) is 28.5 Å². The zero-order valence-corrected chi connectivity index (χ0v) is 37.0. The number of carbonyl (C=O) groups excluding carboxylic acids is 6. The van der Waals surface area contributed by atoms with E-state index < -0.39 is 17.9 Å². The summed E-state index contributed by atoms with van der Waals surface area (Å²) < 4.78 is 6.62. The van der Waals surface area contributed by atoms with Gasteiger partial charge in [0.25, 0.3) is 11.8 Å². The summed E-state index contributed by atoms with van der Waals surface area (Å²) in [6, 6.07) is 29.6. The van der Waals surface area contributed by atoms with Gasteiger partial charge in [0.15, 0.2) is 5.78 Å². The molecule has 0 saturated carbocycles. The maximum Gasteiger partial charge on any atom is 0.271 e. The van der Waals surface area contributed by atoms with Crippen molar-refractivity contribution in [2.75, 3.05) is 13.2 Å². The van der Waals surface area contributed by atoms with Gasteiger partial charge in [-0.2, -0.15) is 5.10 Å². The highest BCUT2D eigenvalue weighted by molar-refractivity contribution is 7.22. The number of phenols is 2. The van der Waals surface area contributed by atoms with E-state index in [2.05, 4.69) is 33.0 Å². The largest absolute Gasteiger partial charge is 0.508 e. The number of hydrogen-bond acceptors (Lipinski definition) is 11. The number of amides is 5. The number of aromatic hydroxyl groups is 2. The normalized spacial score (nSPS) is 14.4. The second-order valence-corrected chi connectivity index (χ2v) is 17.1. The molecule has 14 nitrogen and oxygen atoms in total. The molecule has 1 atom stereocenters. The molecule has 338 valence electrons. The van der Waals surface area contributed by atoms with Crippen molar-refractivity contribution in [3.05, 3.63) is 148 Å². The molecule has 5 amide bonds. The van der Waals surface area contributed by atoms with Gasteiger partial charge in [-0.3, -0.25) is 34.1 Å². The summed E-state index contributed by atoms with van der Waals surface area (Å²) >= 11 is 1.37. The van der Waals surface area contributed by atoms with Crippen molar-refractivity contribution in [2.45, 2.75) is 57.5 Å². The molecule has 5 N–H and O–H groups in total. The molecule has 1 aromatic heterocycles. The van der Waals surface area contributed by atoms with Crippen LogP contribution in [0.2, 0.25) is 0 Å². The molecule has 0 bridgehead atoms. The van der Waals surface area contributed by atoms with Crippen LogP contribution in [-0.4, -0.2) is 75.8 Å². The maximum atomic E-state index is 13.9. The second-order valence-electron chi connectivity index (χ2n) is 16.0. The van der Waals surface area contributed by atoms with Crippen LogP contribution in [0.5, 0.6) is 17.2 Å². The van der Waals surface area contributed by atoms with Gasteiger partial charge in [0.05, 0.1) is 19.4 Å². The van der Waals surface area contributed by atoms with Crippen molar-refractivity contribution in [1.29, 1.82) is 0 Å². The highest BCUT2D eigenvalue weighted by Crippen LogP contribution is 2.41. The Balaban J connectivity index is 0.719. The molecular weight excluding hydrogens is 871 g/mol. The van der Waals surface area contributed by atoms with Crippen LogP contribution in [0.15, 0.2) is 114 Å². The van der Waals surface area contributed by atoms with E-state index in [4.69, 9.17) is 4.74 Å². The van der Waals surface area contributed by atoms with Gasteiger partial charge < -0.3 is 25.2 Å². The third-order valence-corrected chi connectivity index (χ3v) is 12.6. The van der Waals surface area contributed by atoms with Crippen LogP contribution in [-0.2, 0) is 20.9 Å². The van der Waals surface area contributed by atoms with Crippen molar-refractivity contribution >= 4 is 63.0 Å². The third kappa shape index (κ3) is 10.9. The SMILES string of the molecule is O=C(CCCCCCOc1ccc(/C=N/NC(=O)c2ccc(C(=O)c3c(-c4ccc(O)cc4)sc4cc(O)ccc34)cc2)cc1)NCC#Cc1cccc2c1CN(C1CCC(=O)NC1=O)C2=O. The van der Waals surface area contributed by atoms with Gasteiger partial charge in [0.2, 0.25) is 17.7 Å². The standard InChI is InChI=1S/C52H45N5O9S/c58-37-19-17-35(18-20-37)49-47(41-24-21-38(59)29-44(41)67-49)48(62)34-13-15-36(16-14-34)50(63)56-54-30-32-11-22-39(23-12-32)66-28-4-2-1-3-10-45(60)53-27-6-8-33-7-5-9-40-42(33)31-57(52(40)65)43-25-26-46(61)55-51(43)64/h5,7,9,11-24,29-30,43,58-59H,1-4,10,25-28,31H2,(H,53,60)(H,56,63)(H,55,61,64)/b54-30+. The number of hydrazone groups is 1. The lowest BCUT2D eigenvalue weighted by atomic mass is 9.97. The lowest BCUT2D eigenvalue weighted by Gasteiger charge is -2.29. The zero-order chi connectivity index (χ0) is 46.9. The van der Waals surface area contributed by atoms with Gasteiger partial charge in [0, 0.05) is 62.2 Å². The summed E-state index contributed by atoms with van der Waals surface area (Å²) in [6.45, 7) is 0.913. The minimum atomic E-state index is -0.697. The minimum absolute atomic E-state index is 0.0909. The number of unbranched alkanes of at least 4 members (excludes halogenated alkanes) is 3. The molecule has 0 aliphatic carbocycles. The Kier molecular flexibility index (Phi) is 14.1. The second kappa shape index (κ2) is 20.8. The van der Waals surface area contributed by atoms with Gasteiger partial charge in [-0.15, -0.1) is 11.3 Å². The number of ether oxygens (including phenoxy) is 1. The summed E-state index contributed by atoms with van der Waals surface area (Å²) in [5.41, 5.74) is 7.08. The molecule has 2 aliphatic rings. The molecule has 6 aromatic rings. The number of rotatable bonds is 16. The molecule has 2 aliphatic heterocycles. The number of thiophene rings is 1. The summed E-state index contributed by atoms with van der Waals surface area (Å²) in [6.07, 6.45) is 5.67. The van der Waals surface area contributed by atoms with E-state index in [-0.39, 0.29) is 60.9 Å². The van der Waals surface area contributed by atoms with Crippen LogP contribution >= 0.6 is 11.3 Å². The van der Waals surface area contributed by atoms with E-state index in [0.717, 1.165) is 47.1 Å². The van der Waals surface area contributed by atoms with Gasteiger partial charge >= 0.3 is 0 Å². The topological polar surface area (TPSA) is 204 Å². The molecule has 3 heterocycles. The lowest BCUT2D eigenvalue weighted by Crippen LogP contribution is -2.52. The lowest BCUT2D eigenvalue weighted by molar-refractivity contribution is -0.137. The number of benzene rings is 5. The summed E-state index contributed by atoms with van der Waals surface area (Å²) in [4.78, 5) is 78.4. The number of nitrogens with one attached hydrogen (secondary N) is 3. The van der Waals surface area contributed by atoms with Crippen LogP contribution in [0.3, 0.4) is 0 Å². The van der Waals surface area contributed by atoms with E-state index in [1.54, 1.807) is 72.8 Å². The first-order chi connectivity index (χ1) is 32.5. The fourth-order valence-electron chi connectivity index (χ4n) is 7.93. The molecule has 5 aromatic carbocycles. The number of nitrogens with zero attached hydrogens (tertiary/aromatic N) is 2. The van der Waals surface area contributed by atoms with Crippen LogP contribution < -0.4 is 20.8 Å². The number of hydrogen-bond donors (Lipinski definition) is 5. The summed E-state index contributed by atoms with van der Waals surface area (Å²) in [5.74, 6) is 5.08. The van der Waals surface area contributed by atoms with Crippen LogP contribution in [0, 0.1) is 11.8 Å². The van der Waals surface area contributed by atoms with Crippen molar-refractivity contribution in [1.82, 2.24) is 21.0 Å². The molecule has 15 heteroatoms. The van der Waals surface area contributed by atoms with Crippen LogP contribution in [0.4, 0.5) is 0 Å². The number of phenolic OH excluding ortho intramolecular Hbond substituents is 2. The highest BCUT2D eigenvalue weighted by Gasteiger charge is 2.39. The number of carbonyl (C=O) groups is 6. The van der Waals surface area contributed by atoms with E-state index in [9.17, 15) is 39.0 Å². The molecular formula is C52H45N5O9S. The predicted molar refractivity (Wildman–Crippen MR) is 253 cm³/mol. The first-order valence-electron chi connectivity index (χ1n) is 21.8. The average Bonchev–Trinajstić information content (AvgIpc) is 3.87. The van der Waals surface area contributed by atoms with E-state index in [1.807, 2.05) is 30.3 Å². The maximum absolute atomic E-state index is 13.9. The quantitative estimate of drug-likeness (QED) is 0.0166. The molecule has 1 saturated heterocycles. The van der Waals surface area contributed by atoms with Crippen molar-refractivity contribution in [2.24, 2.45) is 5.10 Å². The molecule has 0 radical (unpaired) electrons. The first kappa shape index (κ1) is 45.5. The Bertz CT molecular complexity index is 2970. The first-order valence-corrected chi connectivity index (χ1v) is 22.6. The smallest absolute Gasteiger partial charge is 0.271 e. The number of imide groups is 1. The zero-order valence-electron chi connectivity index (χ0n) is 36.2. The monoisotopic (exact) mass is 915 g/mol. The Morgan fingerprint density at radius 2 is 1.61 bits per heavy atom. The fraction of sp³-hybridized carbons (Fsp3) is 0.212. The molecule has 1 unspecified atom stereocenters. The predicted octanol–water partition coefficient (Wildman–Crippen LogP) is 7.23. The molecule has 0 spiro atoms. The molecule has 8 rings (SSSR count). The summed E-state index contributed by atoms with van der Waals surface area (Å²) in [7, 11) is 0.